The molecule has 0 aromatic heterocycles. The molecule has 6 nitrogen and oxygen atoms in total. The zero-order valence-electron chi connectivity index (χ0n) is 19.6. The third kappa shape index (κ3) is 5.77. The molecule has 1 aliphatic carbocycles. The fourth-order valence-corrected chi connectivity index (χ4v) is 5.49. The van der Waals surface area contributed by atoms with Gasteiger partial charge in [0.05, 0.1) is 4.90 Å². The summed E-state index contributed by atoms with van der Waals surface area (Å²) in [5.74, 6) is -0.281. The smallest absolute Gasteiger partial charge is 0.251 e. The highest BCUT2D eigenvalue weighted by Gasteiger charge is 2.21. The minimum absolute atomic E-state index is 0.139. The Balaban J connectivity index is 1.73. The largest absolute Gasteiger partial charge is 0.348 e. The maximum Gasteiger partial charge on any atom is 0.251 e. The highest BCUT2D eigenvalue weighted by molar-refractivity contribution is 7.89. The summed E-state index contributed by atoms with van der Waals surface area (Å²) < 4.78 is 27.1. The Morgan fingerprint density at radius 1 is 1.06 bits per heavy atom. The number of nitrogens with zero attached hydrogens (tertiary/aromatic N) is 1. The van der Waals surface area contributed by atoms with Crippen LogP contribution < -0.4 is 10.0 Å². The summed E-state index contributed by atoms with van der Waals surface area (Å²) in [4.78, 5) is 15.5. The van der Waals surface area contributed by atoms with E-state index in [0.29, 0.717) is 23.7 Å². The summed E-state index contributed by atoms with van der Waals surface area (Å²) in [5, 5.41) is 2.98. The van der Waals surface area contributed by atoms with Crippen LogP contribution >= 0.6 is 0 Å². The van der Waals surface area contributed by atoms with Crippen molar-refractivity contribution in [1.29, 1.82) is 0 Å². The molecule has 32 heavy (non-hydrogen) atoms. The molecule has 2 N–H and O–H groups in total. The first-order valence-electron chi connectivity index (χ1n) is 11.3. The number of rotatable bonds is 8. The van der Waals surface area contributed by atoms with E-state index in [0.717, 1.165) is 17.7 Å². The molecule has 1 fully saturated rings. The van der Waals surface area contributed by atoms with Crippen molar-refractivity contribution in [2.24, 2.45) is 0 Å². The van der Waals surface area contributed by atoms with Crippen LogP contribution in [-0.2, 0) is 23.1 Å². The number of nitrogens with one attached hydrogen (secondary N) is 2. The van der Waals surface area contributed by atoms with Crippen molar-refractivity contribution in [3.63, 3.8) is 0 Å². The Morgan fingerprint density at radius 3 is 2.38 bits per heavy atom. The molecule has 1 amide bonds. The molecule has 1 saturated carbocycles. The monoisotopic (exact) mass is 457 g/mol. The molecule has 0 radical (unpaired) electrons. The lowest BCUT2D eigenvalue weighted by Gasteiger charge is -2.31. The highest BCUT2D eigenvalue weighted by Crippen LogP contribution is 2.24. The molecule has 3 rings (SSSR count). The number of hydrogen-bond donors (Lipinski definition) is 2. The van der Waals surface area contributed by atoms with E-state index in [1.165, 1.54) is 50.8 Å². The number of carbonyl (C=O) groups is 1. The Bertz CT molecular complexity index is 1060. The zero-order valence-corrected chi connectivity index (χ0v) is 20.4. The first-order chi connectivity index (χ1) is 15.2. The van der Waals surface area contributed by atoms with Crippen molar-refractivity contribution < 1.29 is 13.2 Å². The van der Waals surface area contributed by atoms with Crippen LogP contribution in [0.2, 0.25) is 0 Å². The van der Waals surface area contributed by atoms with E-state index in [-0.39, 0.29) is 10.8 Å². The lowest BCUT2D eigenvalue weighted by molar-refractivity contribution is 0.0950. The molecular formula is C25H35N3O3S. The van der Waals surface area contributed by atoms with Crippen LogP contribution in [0.3, 0.4) is 0 Å². The van der Waals surface area contributed by atoms with E-state index >= 15 is 0 Å². The normalized spacial score (nSPS) is 15.2. The van der Waals surface area contributed by atoms with Crippen LogP contribution in [-0.4, -0.2) is 39.4 Å². The number of sulfonamides is 1. The van der Waals surface area contributed by atoms with Crippen LogP contribution in [0.25, 0.3) is 0 Å². The fourth-order valence-electron chi connectivity index (χ4n) is 4.43. The molecule has 2 aromatic rings. The van der Waals surface area contributed by atoms with Crippen LogP contribution in [0.4, 0.5) is 0 Å². The minimum atomic E-state index is -3.64. The van der Waals surface area contributed by atoms with Gasteiger partial charge in [-0.3, -0.25) is 9.69 Å². The van der Waals surface area contributed by atoms with Crippen molar-refractivity contribution in [3.05, 3.63) is 64.2 Å². The van der Waals surface area contributed by atoms with E-state index in [9.17, 15) is 13.2 Å². The van der Waals surface area contributed by atoms with Crippen molar-refractivity contribution in [2.75, 3.05) is 14.1 Å². The van der Waals surface area contributed by atoms with Gasteiger partial charge in [0.1, 0.15) is 0 Å². The average Bonchev–Trinajstić information content (AvgIpc) is 2.80. The van der Waals surface area contributed by atoms with Crippen molar-refractivity contribution in [1.82, 2.24) is 14.9 Å². The highest BCUT2D eigenvalue weighted by atomic mass is 32.2. The fraction of sp³-hybridized carbons (Fsp3) is 0.480. The van der Waals surface area contributed by atoms with Gasteiger partial charge in [0.25, 0.3) is 5.91 Å². The van der Waals surface area contributed by atoms with Crippen LogP contribution in [0.1, 0.15) is 64.7 Å². The Labute approximate surface area is 192 Å². The van der Waals surface area contributed by atoms with Gasteiger partial charge < -0.3 is 5.32 Å². The van der Waals surface area contributed by atoms with Crippen molar-refractivity contribution >= 4 is 15.9 Å². The van der Waals surface area contributed by atoms with Gasteiger partial charge in [0, 0.05) is 24.7 Å². The average molecular weight is 458 g/mol. The summed E-state index contributed by atoms with van der Waals surface area (Å²) >= 11 is 0. The Hall–Kier alpha value is -2.22. The molecule has 0 bridgehead atoms. The van der Waals surface area contributed by atoms with Crippen LogP contribution in [0, 0.1) is 13.8 Å². The van der Waals surface area contributed by atoms with E-state index < -0.39 is 10.0 Å². The summed E-state index contributed by atoms with van der Waals surface area (Å²) in [6.07, 6.45) is 6.44. The van der Waals surface area contributed by atoms with E-state index in [1.807, 2.05) is 25.1 Å². The molecule has 0 aliphatic heterocycles. The molecule has 0 saturated heterocycles. The van der Waals surface area contributed by atoms with E-state index in [2.05, 4.69) is 28.1 Å². The molecule has 1 aliphatic rings. The summed E-state index contributed by atoms with van der Waals surface area (Å²) in [6.45, 7) is 4.82. The predicted molar refractivity (Wildman–Crippen MR) is 128 cm³/mol. The van der Waals surface area contributed by atoms with Gasteiger partial charge in [-0.25, -0.2) is 13.1 Å². The lowest BCUT2D eigenvalue weighted by Crippen LogP contribution is -2.33. The number of aryl methyl sites for hydroxylation is 1. The SMILES string of the molecule is CNS(=O)(=O)c1cc(C(=O)NCc2ccccc2CN(C)C2CCCCC2)cc(C)c1C. The maximum absolute atomic E-state index is 12.9. The first kappa shape index (κ1) is 24.4. The molecule has 0 unspecified atom stereocenters. The van der Waals surface area contributed by atoms with Gasteiger partial charge in [-0.05, 0) is 75.2 Å². The quantitative estimate of drug-likeness (QED) is 0.630. The Morgan fingerprint density at radius 2 is 1.72 bits per heavy atom. The van der Waals surface area contributed by atoms with Gasteiger partial charge in [-0.15, -0.1) is 0 Å². The number of benzene rings is 2. The summed E-state index contributed by atoms with van der Waals surface area (Å²) in [6, 6.07) is 12.0. The number of carbonyl (C=O) groups excluding carboxylic acids is 1. The van der Waals surface area contributed by atoms with Gasteiger partial charge >= 0.3 is 0 Å². The second-order valence-corrected chi connectivity index (χ2v) is 10.6. The van der Waals surface area contributed by atoms with Gasteiger partial charge in [0.2, 0.25) is 10.0 Å². The summed E-state index contributed by atoms with van der Waals surface area (Å²) in [5.41, 5.74) is 4.04. The maximum atomic E-state index is 12.9. The second kappa shape index (κ2) is 10.6. The number of amides is 1. The predicted octanol–water partition coefficient (Wildman–Crippen LogP) is 3.91. The third-order valence-corrected chi connectivity index (χ3v) is 8.16. The van der Waals surface area contributed by atoms with Crippen LogP contribution in [0.5, 0.6) is 0 Å². The van der Waals surface area contributed by atoms with Gasteiger partial charge in [-0.2, -0.15) is 0 Å². The first-order valence-corrected chi connectivity index (χ1v) is 12.8. The standard InChI is InChI=1S/C25H35N3O3S/c1-18-14-22(15-24(19(18)2)32(30,31)26-3)25(29)27-16-20-10-8-9-11-21(20)17-28(4)23-12-6-5-7-13-23/h8-11,14-15,23,26H,5-7,12-13,16-17H2,1-4H3,(H,27,29). The Kier molecular flexibility index (Phi) is 8.09. The van der Waals surface area contributed by atoms with Crippen molar-refractivity contribution in [2.45, 2.75) is 70.0 Å². The topological polar surface area (TPSA) is 78.5 Å². The lowest BCUT2D eigenvalue weighted by atomic mass is 9.94. The molecule has 0 spiro atoms. The zero-order chi connectivity index (χ0) is 23.3. The van der Waals surface area contributed by atoms with E-state index in [4.69, 9.17) is 0 Å². The molecule has 0 atom stereocenters. The summed E-state index contributed by atoms with van der Waals surface area (Å²) in [7, 11) is -0.0832. The third-order valence-electron chi connectivity index (χ3n) is 6.62. The molecular weight excluding hydrogens is 422 g/mol. The number of hydrogen-bond acceptors (Lipinski definition) is 4. The molecule has 0 heterocycles. The molecule has 174 valence electrons. The van der Waals surface area contributed by atoms with E-state index in [1.54, 1.807) is 13.0 Å². The molecule has 7 heteroatoms. The van der Waals surface area contributed by atoms with Crippen LogP contribution in [0.15, 0.2) is 41.3 Å². The van der Waals surface area contributed by atoms with Crippen molar-refractivity contribution in [3.8, 4) is 0 Å². The second-order valence-electron chi connectivity index (χ2n) is 8.78. The van der Waals surface area contributed by atoms with Gasteiger partial charge in [-0.1, -0.05) is 43.5 Å². The van der Waals surface area contributed by atoms with Gasteiger partial charge in [0.15, 0.2) is 0 Å². The molecule has 2 aromatic carbocycles. The minimum Gasteiger partial charge on any atom is -0.348 e.